The van der Waals surface area contributed by atoms with Crippen molar-refractivity contribution < 1.29 is 0 Å². The molecule has 0 saturated heterocycles. The number of thiophene rings is 1. The molecular formula is C17H24ClNS. The van der Waals surface area contributed by atoms with Gasteiger partial charge >= 0.3 is 0 Å². The summed E-state index contributed by atoms with van der Waals surface area (Å²) in [6.45, 7) is 4.61. The third kappa shape index (κ3) is 1.91. The highest BCUT2D eigenvalue weighted by Crippen LogP contribution is 2.68. The van der Waals surface area contributed by atoms with Crippen molar-refractivity contribution in [3.63, 3.8) is 0 Å². The highest BCUT2D eigenvalue weighted by Gasteiger charge is 2.58. The maximum atomic E-state index is 6.79. The van der Waals surface area contributed by atoms with Crippen molar-refractivity contribution in [2.24, 2.45) is 28.4 Å². The monoisotopic (exact) mass is 309 g/mol. The van der Waals surface area contributed by atoms with Crippen molar-refractivity contribution in [3.05, 3.63) is 20.8 Å². The number of nitrogens with two attached hydrogens (primary N) is 1. The molecule has 4 saturated carbocycles. The molecule has 4 bridgehead atoms. The molecular weight excluding hydrogens is 286 g/mol. The fourth-order valence-electron chi connectivity index (χ4n) is 6.10. The summed E-state index contributed by atoms with van der Waals surface area (Å²) in [6.07, 6.45) is 8.41. The summed E-state index contributed by atoms with van der Waals surface area (Å²) in [5.74, 6) is 1.87. The van der Waals surface area contributed by atoms with E-state index in [0.717, 1.165) is 16.2 Å². The minimum Gasteiger partial charge on any atom is -0.323 e. The van der Waals surface area contributed by atoms with Gasteiger partial charge in [0.25, 0.3) is 0 Å². The SMILES string of the molecule is Cc1cc(C(N)C23CC4CC(CC(C)(C4)C2)C3)sc1Cl. The molecule has 3 unspecified atom stereocenters. The molecule has 0 aliphatic heterocycles. The van der Waals surface area contributed by atoms with Gasteiger partial charge in [-0.25, -0.2) is 0 Å². The van der Waals surface area contributed by atoms with E-state index in [1.807, 2.05) is 0 Å². The Morgan fingerprint density at radius 2 is 1.95 bits per heavy atom. The van der Waals surface area contributed by atoms with Gasteiger partial charge in [-0.1, -0.05) is 18.5 Å². The molecule has 4 aliphatic rings. The third-order valence-corrected chi connectivity index (χ3v) is 7.88. The summed E-state index contributed by atoms with van der Waals surface area (Å²) < 4.78 is 0.923. The van der Waals surface area contributed by atoms with Gasteiger partial charge in [0.15, 0.2) is 0 Å². The Morgan fingerprint density at radius 3 is 2.45 bits per heavy atom. The van der Waals surface area contributed by atoms with Crippen LogP contribution >= 0.6 is 22.9 Å². The Hall–Kier alpha value is -0.0500. The lowest BCUT2D eigenvalue weighted by atomic mass is 9.43. The largest absolute Gasteiger partial charge is 0.323 e. The van der Waals surface area contributed by atoms with Crippen LogP contribution in [0.2, 0.25) is 4.34 Å². The first-order valence-electron chi connectivity index (χ1n) is 7.91. The lowest BCUT2D eigenvalue weighted by molar-refractivity contribution is -0.113. The van der Waals surface area contributed by atoms with E-state index in [1.54, 1.807) is 11.3 Å². The highest BCUT2D eigenvalue weighted by molar-refractivity contribution is 7.16. The van der Waals surface area contributed by atoms with E-state index in [1.165, 1.54) is 49.0 Å². The van der Waals surface area contributed by atoms with Gasteiger partial charge in [0.1, 0.15) is 0 Å². The molecule has 3 atom stereocenters. The summed E-state index contributed by atoms with van der Waals surface area (Å²) >= 11 is 7.98. The van der Waals surface area contributed by atoms with Crippen molar-refractivity contribution in [1.82, 2.24) is 0 Å². The average Bonchev–Trinajstić information content (AvgIpc) is 2.65. The van der Waals surface area contributed by atoms with Gasteiger partial charge in [0.05, 0.1) is 4.34 Å². The van der Waals surface area contributed by atoms with Crippen LogP contribution in [-0.2, 0) is 0 Å². The van der Waals surface area contributed by atoms with E-state index in [-0.39, 0.29) is 6.04 Å². The number of aryl methyl sites for hydroxylation is 1. The molecule has 3 heteroatoms. The Balaban J connectivity index is 1.70. The Kier molecular flexibility index (Phi) is 2.88. The normalized spacial score (nSPS) is 44.0. The standard InChI is InChI=1S/C17H24ClNS/c1-10-3-13(20-15(10)18)14(19)17-7-11-4-12(8-17)6-16(2,5-11)9-17/h3,11-12,14H,4-9,19H2,1-2H3. The molecule has 1 aromatic heterocycles. The fourth-order valence-corrected chi connectivity index (χ4v) is 7.46. The van der Waals surface area contributed by atoms with Crippen LogP contribution in [0.3, 0.4) is 0 Å². The summed E-state index contributed by atoms with van der Waals surface area (Å²) in [5, 5.41) is 0. The Labute approximate surface area is 130 Å². The van der Waals surface area contributed by atoms with E-state index in [2.05, 4.69) is 19.9 Å². The smallest absolute Gasteiger partial charge is 0.0960 e. The van der Waals surface area contributed by atoms with E-state index >= 15 is 0 Å². The molecule has 1 heterocycles. The molecule has 4 aliphatic carbocycles. The maximum Gasteiger partial charge on any atom is 0.0960 e. The predicted molar refractivity (Wildman–Crippen MR) is 86.2 cm³/mol. The van der Waals surface area contributed by atoms with Crippen LogP contribution in [-0.4, -0.2) is 0 Å². The second kappa shape index (κ2) is 4.24. The zero-order valence-electron chi connectivity index (χ0n) is 12.4. The highest BCUT2D eigenvalue weighted by atomic mass is 35.5. The van der Waals surface area contributed by atoms with E-state index in [9.17, 15) is 0 Å². The second-order valence-corrected chi connectivity index (χ2v) is 9.90. The molecule has 1 nitrogen and oxygen atoms in total. The van der Waals surface area contributed by atoms with Crippen molar-refractivity contribution >= 4 is 22.9 Å². The maximum absolute atomic E-state index is 6.79. The van der Waals surface area contributed by atoms with Gasteiger partial charge in [-0.05, 0) is 79.7 Å². The van der Waals surface area contributed by atoms with Gasteiger partial charge in [0.2, 0.25) is 0 Å². The van der Waals surface area contributed by atoms with Gasteiger partial charge in [-0.15, -0.1) is 11.3 Å². The summed E-state index contributed by atoms with van der Waals surface area (Å²) in [4.78, 5) is 1.32. The van der Waals surface area contributed by atoms with Crippen LogP contribution in [0.1, 0.15) is 61.9 Å². The lowest BCUT2D eigenvalue weighted by Crippen LogP contribution is -2.54. The minimum absolute atomic E-state index is 0.198. The first-order valence-corrected chi connectivity index (χ1v) is 9.10. The van der Waals surface area contributed by atoms with Gasteiger partial charge in [0, 0.05) is 10.9 Å². The summed E-state index contributed by atoms with van der Waals surface area (Å²) in [6, 6.07) is 2.43. The number of rotatable bonds is 2. The first-order chi connectivity index (χ1) is 9.39. The number of hydrogen-bond acceptors (Lipinski definition) is 2. The number of halogens is 1. The van der Waals surface area contributed by atoms with Crippen molar-refractivity contribution in [2.45, 2.75) is 58.4 Å². The molecule has 4 fully saturated rings. The van der Waals surface area contributed by atoms with Crippen molar-refractivity contribution in [2.75, 3.05) is 0 Å². The summed E-state index contributed by atoms with van der Waals surface area (Å²) in [7, 11) is 0. The van der Waals surface area contributed by atoms with Crippen LogP contribution in [0, 0.1) is 29.6 Å². The average molecular weight is 310 g/mol. The quantitative estimate of drug-likeness (QED) is 0.786. The van der Waals surface area contributed by atoms with Crippen LogP contribution in [0.25, 0.3) is 0 Å². The van der Waals surface area contributed by atoms with Crippen LogP contribution < -0.4 is 5.73 Å². The van der Waals surface area contributed by atoms with E-state index in [4.69, 9.17) is 17.3 Å². The Morgan fingerprint density at radius 1 is 1.30 bits per heavy atom. The van der Waals surface area contributed by atoms with Gasteiger partial charge in [-0.2, -0.15) is 0 Å². The zero-order valence-corrected chi connectivity index (χ0v) is 14.0. The first kappa shape index (κ1) is 13.6. The Bertz CT molecular complexity index is 516. The molecule has 1 aromatic rings. The third-order valence-electron chi connectivity index (χ3n) is 6.24. The van der Waals surface area contributed by atoms with Crippen molar-refractivity contribution in [1.29, 1.82) is 0 Å². The zero-order chi connectivity index (χ0) is 14.1. The van der Waals surface area contributed by atoms with Crippen LogP contribution in [0.5, 0.6) is 0 Å². The lowest BCUT2D eigenvalue weighted by Gasteiger charge is -2.63. The molecule has 0 radical (unpaired) electrons. The minimum atomic E-state index is 0.198. The molecule has 2 N–H and O–H groups in total. The fraction of sp³-hybridized carbons (Fsp3) is 0.765. The molecule has 20 heavy (non-hydrogen) atoms. The molecule has 0 spiro atoms. The topological polar surface area (TPSA) is 26.0 Å². The van der Waals surface area contributed by atoms with Crippen LogP contribution in [0.4, 0.5) is 0 Å². The second-order valence-electron chi connectivity index (χ2n) is 8.22. The molecule has 5 rings (SSSR count). The predicted octanol–water partition coefficient (Wildman–Crippen LogP) is 5.32. The summed E-state index contributed by atoms with van der Waals surface area (Å²) in [5.41, 5.74) is 8.91. The van der Waals surface area contributed by atoms with Gasteiger partial charge in [-0.3, -0.25) is 0 Å². The molecule has 110 valence electrons. The molecule has 0 amide bonds. The van der Waals surface area contributed by atoms with Crippen molar-refractivity contribution in [3.8, 4) is 0 Å². The molecule has 0 aromatic carbocycles. The van der Waals surface area contributed by atoms with Crippen LogP contribution in [0.15, 0.2) is 6.07 Å². The van der Waals surface area contributed by atoms with E-state index < -0.39 is 0 Å². The van der Waals surface area contributed by atoms with E-state index in [0.29, 0.717) is 10.8 Å². The van der Waals surface area contributed by atoms with Gasteiger partial charge < -0.3 is 5.73 Å². The number of hydrogen-bond donors (Lipinski definition) is 1.